The van der Waals surface area contributed by atoms with Gasteiger partial charge >= 0.3 is 0 Å². The molecular formula is C22H27ClN4O3S. The van der Waals surface area contributed by atoms with Gasteiger partial charge in [-0.3, -0.25) is 14.4 Å². The minimum absolute atomic E-state index is 0.123. The van der Waals surface area contributed by atoms with Gasteiger partial charge in [0.15, 0.2) is 0 Å². The van der Waals surface area contributed by atoms with E-state index < -0.39 is 0 Å². The van der Waals surface area contributed by atoms with Crippen molar-refractivity contribution < 1.29 is 14.4 Å². The molecule has 1 aromatic carbocycles. The van der Waals surface area contributed by atoms with Crippen LogP contribution in [0.4, 0.5) is 5.69 Å². The van der Waals surface area contributed by atoms with Crippen LogP contribution in [0.15, 0.2) is 36.4 Å². The molecule has 2 heterocycles. The van der Waals surface area contributed by atoms with Gasteiger partial charge in [0.1, 0.15) is 0 Å². The van der Waals surface area contributed by atoms with Crippen molar-refractivity contribution in [2.75, 3.05) is 38.6 Å². The first kappa shape index (κ1) is 23.2. The Bertz CT molecular complexity index is 929. The minimum atomic E-state index is -0.266. The molecule has 166 valence electrons. The molecule has 0 bridgehead atoms. The van der Waals surface area contributed by atoms with Crippen molar-refractivity contribution in [1.29, 1.82) is 0 Å². The predicted molar refractivity (Wildman–Crippen MR) is 124 cm³/mol. The van der Waals surface area contributed by atoms with Crippen molar-refractivity contribution in [2.24, 2.45) is 0 Å². The summed E-state index contributed by atoms with van der Waals surface area (Å²) in [5.74, 6) is -0.319. The van der Waals surface area contributed by atoms with Gasteiger partial charge in [-0.25, -0.2) is 0 Å². The molecule has 9 heteroatoms. The summed E-state index contributed by atoms with van der Waals surface area (Å²) in [6, 6.07) is 10.2. The van der Waals surface area contributed by atoms with E-state index in [0.717, 1.165) is 18.5 Å². The highest BCUT2D eigenvalue weighted by Gasteiger charge is 2.20. The van der Waals surface area contributed by atoms with Gasteiger partial charge in [0, 0.05) is 37.3 Å². The fourth-order valence-electron chi connectivity index (χ4n) is 3.48. The van der Waals surface area contributed by atoms with E-state index in [1.54, 1.807) is 41.3 Å². The molecule has 0 spiro atoms. The van der Waals surface area contributed by atoms with Crippen LogP contribution in [0, 0.1) is 0 Å². The lowest BCUT2D eigenvalue weighted by Crippen LogP contribution is -2.48. The van der Waals surface area contributed by atoms with Crippen LogP contribution in [0.3, 0.4) is 0 Å². The highest BCUT2D eigenvalue weighted by Crippen LogP contribution is 2.22. The molecule has 1 fully saturated rings. The second kappa shape index (κ2) is 10.7. The maximum atomic E-state index is 12.6. The lowest BCUT2D eigenvalue weighted by atomic mass is 10.1. The third kappa shape index (κ3) is 6.53. The normalized spacial score (nSPS) is 15.1. The van der Waals surface area contributed by atoms with E-state index in [4.69, 9.17) is 11.6 Å². The van der Waals surface area contributed by atoms with E-state index in [1.165, 1.54) is 11.3 Å². The number of halogens is 1. The lowest BCUT2D eigenvalue weighted by molar-refractivity contribution is -0.119. The van der Waals surface area contributed by atoms with Gasteiger partial charge < -0.3 is 20.4 Å². The smallest absolute Gasteiger partial charge is 0.261 e. The van der Waals surface area contributed by atoms with Crippen LogP contribution in [-0.4, -0.2) is 62.4 Å². The summed E-state index contributed by atoms with van der Waals surface area (Å²) < 4.78 is 0.553. The third-order valence-electron chi connectivity index (χ3n) is 4.99. The minimum Gasteiger partial charge on any atom is -0.350 e. The Kier molecular flexibility index (Phi) is 8.06. The molecule has 1 aliphatic rings. The van der Waals surface area contributed by atoms with Gasteiger partial charge in [-0.1, -0.05) is 11.6 Å². The summed E-state index contributed by atoms with van der Waals surface area (Å²) in [6.07, 6.45) is 2.49. The highest BCUT2D eigenvalue weighted by molar-refractivity contribution is 7.18. The first-order valence-corrected chi connectivity index (χ1v) is 11.4. The second-order valence-electron chi connectivity index (χ2n) is 7.80. The number of hydrogen-bond donors (Lipinski definition) is 2. The van der Waals surface area contributed by atoms with Crippen LogP contribution in [0.1, 0.15) is 39.3 Å². The average molecular weight is 463 g/mol. The maximum absolute atomic E-state index is 12.6. The van der Waals surface area contributed by atoms with Gasteiger partial charge in [-0.15, -0.1) is 11.3 Å². The Morgan fingerprint density at radius 3 is 2.48 bits per heavy atom. The van der Waals surface area contributed by atoms with E-state index >= 15 is 0 Å². The zero-order chi connectivity index (χ0) is 22.4. The largest absolute Gasteiger partial charge is 0.350 e. The topological polar surface area (TPSA) is 81.8 Å². The molecule has 1 unspecified atom stereocenters. The number of likely N-dealkylation sites (N-methyl/N-ethyl adjacent to an activating group) is 1. The second-order valence-corrected chi connectivity index (χ2v) is 9.51. The molecule has 2 N–H and O–H groups in total. The summed E-state index contributed by atoms with van der Waals surface area (Å²) in [6.45, 7) is 1.57. The number of carbonyl (C=O) groups excluding carboxylic acids is 3. The Labute approximate surface area is 191 Å². The van der Waals surface area contributed by atoms with Crippen molar-refractivity contribution in [3.8, 4) is 0 Å². The molecule has 3 rings (SSSR count). The molecular weight excluding hydrogens is 436 g/mol. The van der Waals surface area contributed by atoms with Crippen LogP contribution in [0.25, 0.3) is 0 Å². The predicted octanol–water partition coefficient (Wildman–Crippen LogP) is 3.01. The number of carbonyl (C=O) groups is 3. The van der Waals surface area contributed by atoms with E-state index in [-0.39, 0.29) is 30.3 Å². The van der Waals surface area contributed by atoms with E-state index in [9.17, 15) is 14.4 Å². The van der Waals surface area contributed by atoms with Crippen LogP contribution < -0.4 is 15.5 Å². The number of rotatable bonds is 8. The van der Waals surface area contributed by atoms with Crippen molar-refractivity contribution >= 4 is 46.3 Å². The zero-order valence-electron chi connectivity index (χ0n) is 17.7. The fraction of sp³-hybridized carbons (Fsp3) is 0.409. The van der Waals surface area contributed by atoms with Crippen LogP contribution in [-0.2, 0) is 4.79 Å². The summed E-state index contributed by atoms with van der Waals surface area (Å²) in [4.78, 5) is 41.4. The Hall–Kier alpha value is -2.42. The summed E-state index contributed by atoms with van der Waals surface area (Å²) in [5, 5.41) is 5.84. The first-order valence-electron chi connectivity index (χ1n) is 10.2. The van der Waals surface area contributed by atoms with Gasteiger partial charge in [0.05, 0.1) is 15.3 Å². The maximum Gasteiger partial charge on any atom is 0.261 e. The van der Waals surface area contributed by atoms with Gasteiger partial charge in [-0.2, -0.15) is 0 Å². The number of piperidine rings is 1. The number of thiophene rings is 1. The molecule has 1 atom stereocenters. The third-order valence-corrected chi connectivity index (χ3v) is 6.22. The number of nitrogens with zero attached hydrogens (tertiary/aromatic N) is 2. The molecule has 2 aromatic rings. The molecule has 1 aliphatic heterocycles. The summed E-state index contributed by atoms with van der Waals surface area (Å²) in [7, 11) is 3.81. The lowest BCUT2D eigenvalue weighted by Gasteiger charge is -2.27. The Morgan fingerprint density at radius 2 is 1.87 bits per heavy atom. The number of benzene rings is 1. The quantitative estimate of drug-likeness (QED) is 0.631. The first-order chi connectivity index (χ1) is 14.8. The van der Waals surface area contributed by atoms with Crippen molar-refractivity contribution in [2.45, 2.75) is 25.3 Å². The standard InChI is InChI=1S/C22H27ClN4O3S/c1-26(2)14-16(25-22(30)18-10-11-19(23)31-18)13-24-21(29)15-6-8-17(9-7-15)27-12-4-3-5-20(27)28/h6-11,16H,3-5,12-14H2,1-2H3,(H,24,29)(H,25,30). The number of amides is 3. The SMILES string of the molecule is CN(C)CC(CNC(=O)c1ccc(N2CCCCC2=O)cc1)NC(=O)c1ccc(Cl)s1. The molecule has 1 saturated heterocycles. The zero-order valence-corrected chi connectivity index (χ0v) is 19.3. The van der Waals surface area contributed by atoms with Gasteiger partial charge in [0.25, 0.3) is 11.8 Å². The van der Waals surface area contributed by atoms with Crippen LogP contribution in [0.5, 0.6) is 0 Å². The molecule has 1 aromatic heterocycles. The van der Waals surface area contributed by atoms with Gasteiger partial charge in [0.2, 0.25) is 5.91 Å². The number of anilines is 1. The van der Waals surface area contributed by atoms with E-state index in [2.05, 4.69) is 10.6 Å². The Balaban J connectivity index is 1.58. The molecule has 0 saturated carbocycles. The Morgan fingerprint density at radius 1 is 1.13 bits per heavy atom. The summed E-state index contributed by atoms with van der Waals surface area (Å²) >= 11 is 7.13. The van der Waals surface area contributed by atoms with Crippen LogP contribution in [0.2, 0.25) is 4.34 Å². The number of nitrogens with one attached hydrogen (secondary N) is 2. The highest BCUT2D eigenvalue weighted by atomic mass is 35.5. The van der Waals surface area contributed by atoms with Crippen molar-refractivity contribution in [3.05, 3.63) is 51.2 Å². The molecule has 31 heavy (non-hydrogen) atoms. The number of hydrogen-bond acceptors (Lipinski definition) is 5. The van der Waals surface area contributed by atoms with E-state index in [1.807, 2.05) is 19.0 Å². The monoisotopic (exact) mass is 462 g/mol. The molecule has 0 radical (unpaired) electrons. The van der Waals surface area contributed by atoms with Gasteiger partial charge in [-0.05, 0) is 63.3 Å². The van der Waals surface area contributed by atoms with Crippen molar-refractivity contribution in [1.82, 2.24) is 15.5 Å². The average Bonchev–Trinajstić information content (AvgIpc) is 3.18. The van der Waals surface area contributed by atoms with Crippen molar-refractivity contribution in [3.63, 3.8) is 0 Å². The molecule has 3 amide bonds. The molecule has 7 nitrogen and oxygen atoms in total. The van der Waals surface area contributed by atoms with E-state index in [0.29, 0.717) is 34.3 Å². The van der Waals surface area contributed by atoms with Crippen LogP contribution >= 0.6 is 22.9 Å². The fourth-order valence-corrected chi connectivity index (χ4v) is 4.43. The molecule has 0 aliphatic carbocycles. The summed E-state index contributed by atoms with van der Waals surface area (Å²) in [5.41, 5.74) is 1.32.